The summed E-state index contributed by atoms with van der Waals surface area (Å²) in [6.07, 6.45) is 1.12. The number of carbonyl (C=O) groups is 1. The number of rotatable bonds is 3. The minimum absolute atomic E-state index is 0.0692. The number of nitrogens with zero attached hydrogens (tertiary/aromatic N) is 3. The van der Waals surface area contributed by atoms with Crippen molar-refractivity contribution in [1.29, 1.82) is 0 Å². The lowest BCUT2D eigenvalue weighted by Crippen LogP contribution is -2.64. The lowest BCUT2D eigenvalue weighted by atomic mass is 9.92. The third-order valence-corrected chi connectivity index (χ3v) is 6.13. The zero-order valence-corrected chi connectivity index (χ0v) is 14.8. The molecule has 2 fully saturated rings. The summed E-state index contributed by atoms with van der Waals surface area (Å²) in [5.41, 5.74) is 2.48. The number of carbonyl (C=O) groups excluding carboxylic acids is 1. The normalized spacial score (nSPS) is 25.7. The van der Waals surface area contributed by atoms with Crippen LogP contribution in [0.2, 0.25) is 0 Å². The number of anilines is 1. The quantitative estimate of drug-likeness (QED) is 0.859. The van der Waals surface area contributed by atoms with Crippen LogP contribution in [-0.2, 0) is 11.3 Å². The number of benzene rings is 1. The van der Waals surface area contributed by atoms with Gasteiger partial charge in [-0.2, -0.15) is 11.3 Å². The lowest BCUT2D eigenvalue weighted by Gasteiger charge is -2.47. The Morgan fingerprint density at radius 2 is 2.00 bits per heavy atom. The molecule has 126 valence electrons. The van der Waals surface area contributed by atoms with E-state index in [1.807, 2.05) is 35.2 Å². The van der Waals surface area contributed by atoms with Crippen molar-refractivity contribution >= 4 is 22.9 Å². The van der Waals surface area contributed by atoms with E-state index in [1.165, 1.54) is 5.56 Å². The fraction of sp³-hybridized carbons (Fsp3) is 0.421. The summed E-state index contributed by atoms with van der Waals surface area (Å²) in [5.74, 6) is 0.200. The molecule has 2 aliphatic heterocycles. The lowest BCUT2D eigenvalue weighted by molar-refractivity contribution is -0.123. The van der Waals surface area contributed by atoms with Crippen molar-refractivity contribution in [3.8, 4) is 0 Å². The molecule has 4 rings (SSSR count). The summed E-state index contributed by atoms with van der Waals surface area (Å²) in [6.45, 7) is 4.42. The van der Waals surface area contributed by atoms with E-state index >= 15 is 0 Å². The number of para-hydroxylation sites is 1. The Balaban J connectivity index is 1.52. The molecule has 1 aromatic heterocycles. The van der Waals surface area contributed by atoms with Gasteiger partial charge in [-0.15, -0.1) is 0 Å². The SMILES string of the molecule is CN1CC(=O)N(c2ccccc2)CC12CCN(Cc1ccsc1)C2. The van der Waals surface area contributed by atoms with Gasteiger partial charge in [-0.05, 0) is 48.0 Å². The predicted molar refractivity (Wildman–Crippen MR) is 98.4 cm³/mol. The molecule has 2 saturated heterocycles. The zero-order valence-electron chi connectivity index (χ0n) is 14.0. The molecule has 0 aliphatic carbocycles. The number of hydrogen-bond donors (Lipinski definition) is 0. The Labute approximate surface area is 147 Å². The minimum Gasteiger partial charge on any atom is -0.309 e. The average Bonchev–Trinajstić information content (AvgIpc) is 3.23. The van der Waals surface area contributed by atoms with Gasteiger partial charge >= 0.3 is 0 Å². The molecule has 0 bridgehead atoms. The van der Waals surface area contributed by atoms with E-state index in [9.17, 15) is 4.79 Å². The van der Waals surface area contributed by atoms with Crippen LogP contribution in [0, 0.1) is 0 Å². The topological polar surface area (TPSA) is 26.8 Å². The summed E-state index contributed by atoms with van der Waals surface area (Å²) in [7, 11) is 2.11. The maximum absolute atomic E-state index is 12.6. The maximum atomic E-state index is 12.6. The summed E-state index contributed by atoms with van der Waals surface area (Å²) >= 11 is 1.76. The van der Waals surface area contributed by atoms with Crippen molar-refractivity contribution in [2.24, 2.45) is 0 Å². The molecule has 1 spiro atoms. The first-order chi connectivity index (χ1) is 11.7. The van der Waals surface area contributed by atoms with Gasteiger partial charge in [-0.1, -0.05) is 18.2 Å². The second-order valence-corrected chi connectivity index (χ2v) is 7.77. The van der Waals surface area contributed by atoms with E-state index in [0.717, 1.165) is 38.3 Å². The molecule has 2 aromatic rings. The van der Waals surface area contributed by atoms with Gasteiger partial charge < -0.3 is 4.90 Å². The van der Waals surface area contributed by atoms with Crippen LogP contribution in [0.3, 0.4) is 0 Å². The Hall–Kier alpha value is -1.69. The van der Waals surface area contributed by atoms with Gasteiger partial charge in [0.25, 0.3) is 0 Å². The van der Waals surface area contributed by atoms with Crippen molar-refractivity contribution in [2.75, 3.05) is 38.1 Å². The fourth-order valence-electron chi connectivity index (χ4n) is 3.96. The smallest absolute Gasteiger partial charge is 0.241 e. The first-order valence-electron chi connectivity index (χ1n) is 8.46. The van der Waals surface area contributed by atoms with Gasteiger partial charge in [-0.25, -0.2) is 0 Å². The Morgan fingerprint density at radius 1 is 1.17 bits per heavy atom. The molecule has 0 radical (unpaired) electrons. The molecular weight excluding hydrogens is 318 g/mol. The van der Waals surface area contributed by atoms with Gasteiger partial charge in [0.2, 0.25) is 5.91 Å². The highest BCUT2D eigenvalue weighted by atomic mass is 32.1. The number of likely N-dealkylation sites (N-methyl/N-ethyl adjacent to an activating group) is 1. The number of thiophene rings is 1. The molecule has 0 N–H and O–H groups in total. The highest BCUT2D eigenvalue weighted by Gasteiger charge is 2.47. The van der Waals surface area contributed by atoms with Crippen molar-refractivity contribution in [1.82, 2.24) is 9.80 Å². The molecule has 1 atom stereocenters. The molecule has 5 heteroatoms. The summed E-state index contributed by atoms with van der Waals surface area (Å²) < 4.78 is 0. The van der Waals surface area contributed by atoms with Crippen molar-refractivity contribution in [2.45, 2.75) is 18.5 Å². The highest BCUT2D eigenvalue weighted by molar-refractivity contribution is 7.07. The van der Waals surface area contributed by atoms with Crippen molar-refractivity contribution in [3.05, 3.63) is 52.7 Å². The number of amides is 1. The van der Waals surface area contributed by atoms with Crippen LogP contribution in [0.25, 0.3) is 0 Å². The largest absolute Gasteiger partial charge is 0.309 e. The molecule has 4 nitrogen and oxygen atoms in total. The molecule has 1 unspecified atom stereocenters. The maximum Gasteiger partial charge on any atom is 0.241 e. The van der Waals surface area contributed by atoms with Crippen molar-refractivity contribution < 1.29 is 4.79 Å². The monoisotopic (exact) mass is 341 g/mol. The van der Waals surface area contributed by atoms with Crippen LogP contribution in [0.5, 0.6) is 0 Å². The number of piperazine rings is 1. The molecule has 0 saturated carbocycles. The third kappa shape index (κ3) is 2.88. The summed E-state index contributed by atoms with van der Waals surface area (Å²) in [4.78, 5) is 19.3. The van der Waals surface area contributed by atoms with E-state index < -0.39 is 0 Å². The van der Waals surface area contributed by atoms with Gasteiger partial charge in [0.15, 0.2) is 0 Å². The minimum atomic E-state index is 0.0692. The van der Waals surface area contributed by atoms with Crippen LogP contribution >= 0.6 is 11.3 Å². The van der Waals surface area contributed by atoms with Crippen LogP contribution in [0.4, 0.5) is 5.69 Å². The van der Waals surface area contributed by atoms with Crippen molar-refractivity contribution in [3.63, 3.8) is 0 Å². The molecule has 2 aliphatic rings. The Morgan fingerprint density at radius 3 is 2.75 bits per heavy atom. The van der Waals surface area contributed by atoms with E-state index in [1.54, 1.807) is 11.3 Å². The molecule has 1 aromatic carbocycles. The van der Waals surface area contributed by atoms with Crippen LogP contribution < -0.4 is 4.90 Å². The third-order valence-electron chi connectivity index (χ3n) is 5.40. The van der Waals surface area contributed by atoms with Gasteiger partial charge in [0, 0.05) is 31.9 Å². The predicted octanol–water partition coefficient (Wildman–Crippen LogP) is 2.67. The average molecular weight is 341 g/mol. The van der Waals surface area contributed by atoms with E-state index in [0.29, 0.717) is 6.54 Å². The molecular formula is C19H23N3OS. The van der Waals surface area contributed by atoms with Crippen LogP contribution in [0.1, 0.15) is 12.0 Å². The summed E-state index contributed by atoms with van der Waals surface area (Å²) in [6, 6.07) is 12.3. The van der Waals surface area contributed by atoms with E-state index in [-0.39, 0.29) is 11.4 Å². The second kappa shape index (κ2) is 6.31. The van der Waals surface area contributed by atoms with Crippen LogP contribution in [-0.4, -0.2) is 54.5 Å². The first-order valence-corrected chi connectivity index (χ1v) is 9.41. The fourth-order valence-corrected chi connectivity index (χ4v) is 4.62. The Bertz CT molecular complexity index is 703. The van der Waals surface area contributed by atoms with Gasteiger partial charge in [0.1, 0.15) is 0 Å². The summed E-state index contributed by atoms with van der Waals surface area (Å²) in [5, 5.41) is 4.37. The van der Waals surface area contributed by atoms with E-state index in [2.05, 4.69) is 33.7 Å². The second-order valence-electron chi connectivity index (χ2n) is 6.99. The zero-order chi connectivity index (χ0) is 16.6. The van der Waals surface area contributed by atoms with E-state index in [4.69, 9.17) is 0 Å². The first kappa shape index (κ1) is 15.8. The van der Waals surface area contributed by atoms with Gasteiger partial charge in [-0.3, -0.25) is 14.6 Å². The molecule has 1 amide bonds. The van der Waals surface area contributed by atoms with Gasteiger partial charge in [0.05, 0.1) is 12.1 Å². The number of likely N-dealkylation sites (tertiary alicyclic amines) is 1. The van der Waals surface area contributed by atoms with Crippen LogP contribution in [0.15, 0.2) is 47.2 Å². The standard InChI is InChI=1S/C19H23N3OS/c1-20-12-18(23)22(17-5-3-2-4-6-17)15-19(20)8-9-21(14-19)11-16-7-10-24-13-16/h2-7,10,13H,8-9,11-12,14-15H2,1H3. The highest BCUT2D eigenvalue weighted by Crippen LogP contribution is 2.34. The Kier molecular flexibility index (Phi) is 4.16. The molecule has 3 heterocycles. The molecule has 24 heavy (non-hydrogen) atoms. The number of hydrogen-bond acceptors (Lipinski definition) is 4.